The lowest BCUT2D eigenvalue weighted by Gasteiger charge is -2.22. The predicted octanol–water partition coefficient (Wildman–Crippen LogP) is 2.19. The van der Waals surface area contributed by atoms with Crippen LogP contribution in [0.1, 0.15) is 32.1 Å². The van der Waals surface area contributed by atoms with E-state index in [1.165, 1.54) is 19.3 Å². The summed E-state index contributed by atoms with van der Waals surface area (Å²) in [5, 5.41) is 3.03. The molecule has 2 N–H and O–H groups in total. The van der Waals surface area contributed by atoms with Gasteiger partial charge in [0.15, 0.2) is 12.9 Å². The molecule has 3 rings (SSSR count). The van der Waals surface area contributed by atoms with Crippen molar-refractivity contribution in [1.29, 1.82) is 0 Å². The third-order valence-electron chi connectivity index (χ3n) is 3.68. The highest BCUT2D eigenvalue weighted by Crippen LogP contribution is 2.18. The van der Waals surface area contributed by atoms with Crippen LogP contribution in [0.2, 0.25) is 0 Å². The lowest BCUT2D eigenvalue weighted by Crippen LogP contribution is -2.38. The molecule has 1 aliphatic rings. The standard InChI is InChI=1S/C15H18N3O2/c19-15(18-11-4-2-1-3-5-11)9-20-12-6-7-13-14(8-12)17-10-16-13/h6-8,11H,1-5,9H2,(H,16,17)(H,18,19). The second kappa shape index (κ2) is 5.94. The molecule has 0 saturated heterocycles. The van der Waals surface area contributed by atoms with Crippen molar-refractivity contribution >= 4 is 16.9 Å². The molecule has 1 aromatic carbocycles. The molecule has 5 nitrogen and oxygen atoms in total. The highest BCUT2D eigenvalue weighted by molar-refractivity contribution is 5.78. The van der Waals surface area contributed by atoms with Crippen molar-refractivity contribution < 1.29 is 9.53 Å². The van der Waals surface area contributed by atoms with Crippen molar-refractivity contribution in [2.45, 2.75) is 38.1 Å². The van der Waals surface area contributed by atoms with E-state index in [-0.39, 0.29) is 12.5 Å². The lowest BCUT2D eigenvalue weighted by molar-refractivity contribution is -0.124. The monoisotopic (exact) mass is 272 g/mol. The van der Waals surface area contributed by atoms with E-state index in [2.05, 4.69) is 21.6 Å². The van der Waals surface area contributed by atoms with Crippen molar-refractivity contribution in [3.05, 3.63) is 24.5 Å². The predicted molar refractivity (Wildman–Crippen MR) is 75.4 cm³/mol. The van der Waals surface area contributed by atoms with Gasteiger partial charge in [0.05, 0.1) is 11.0 Å². The molecule has 1 fully saturated rings. The maximum atomic E-state index is 11.8. The van der Waals surface area contributed by atoms with Crippen molar-refractivity contribution in [3.8, 4) is 5.75 Å². The van der Waals surface area contributed by atoms with Gasteiger partial charge in [-0.2, -0.15) is 0 Å². The summed E-state index contributed by atoms with van der Waals surface area (Å²) in [5.41, 5.74) is 1.69. The first kappa shape index (κ1) is 13.0. The maximum absolute atomic E-state index is 11.8. The molecule has 0 atom stereocenters. The zero-order valence-electron chi connectivity index (χ0n) is 11.3. The van der Waals surface area contributed by atoms with Crippen molar-refractivity contribution in [2.24, 2.45) is 0 Å². The normalized spacial score (nSPS) is 16.2. The number of hydrogen-bond donors (Lipinski definition) is 2. The van der Waals surface area contributed by atoms with Gasteiger partial charge in [0.1, 0.15) is 5.75 Å². The summed E-state index contributed by atoms with van der Waals surface area (Å²) in [6.07, 6.45) is 8.54. The number of amides is 1. The van der Waals surface area contributed by atoms with Gasteiger partial charge in [-0.3, -0.25) is 4.79 Å². The number of benzene rings is 1. The molecule has 5 heteroatoms. The number of carbonyl (C=O) groups excluding carboxylic acids is 1. The van der Waals surface area contributed by atoms with E-state index in [4.69, 9.17) is 4.74 Å². The molecule has 1 radical (unpaired) electrons. The summed E-state index contributed by atoms with van der Waals surface area (Å²) in [6.45, 7) is 0.0517. The van der Waals surface area contributed by atoms with Crippen LogP contribution in [0.4, 0.5) is 0 Å². The Kier molecular flexibility index (Phi) is 3.85. The summed E-state index contributed by atoms with van der Waals surface area (Å²) in [4.78, 5) is 18.8. The second-order valence-corrected chi connectivity index (χ2v) is 5.22. The third-order valence-corrected chi connectivity index (χ3v) is 3.68. The SMILES string of the molecule is O=C(COc1ccc2[nH][c]nc2c1)NC1CCCCC1. The van der Waals surface area contributed by atoms with E-state index in [9.17, 15) is 4.79 Å². The molecule has 1 saturated carbocycles. The first-order chi connectivity index (χ1) is 9.81. The van der Waals surface area contributed by atoms with Crippen molar-refractivity contribution in [2.75, 3.05) is 6.61 Å². The first-order valence-electron chi connectivity index (χ1n) is 7.09. The zero-order valence-corrected chi connectivity index (χ0v) is 11.3. The fourth-order valence-corrected chi connectivity index (χ4v) is 2.61. The van der Waals surface area contributed by atoms with E-state index in [1.54, 1.807) is 6.07 Å². The Labute approximate surface area is 117 Å². The second-order valence-electron chi connectivity index (χ2n) is 5.22. The van der Waals surface area contributed by atoms with Gasteiger partial charge in [-0.05, 0) is 25.0 Å². The summed E-state index contributed by atoms with van der Waals surface area (Å²) in [5.74, 6) is 0.599. The number of H-pyrrole nitrogens is 1. The van der Waals surface area contributed by atoms with Crippen LogP contribution < -0.4 is 10.1 Å². The van der Waals surface area contributed by atoms with E-state index >= 15 is 0 Å². The molecule has 1 aromatic heterocycles. The van der Waals surface area contributed by atoms with Gasteiger partial charge in [-0.15, -0.1) is 0 Å². The average Bonchev–Trinajstić information content (AvgIpc) is 2.93. The van der Waals surface area contributed by atoms with Gasteiger partial charge in [0, 0.05) is 12.1 Å². The summed E-state index contributed by atoms with van der Waals surface area (Å²) in [7, 11) is 0. The van der Waals surface area contributed by atoms with Crippen LogP contribution >= 0.6 is 0 Å². The maximum Gasteiger partial charge on any atom is 0.258 e. The van der Waals surface area contributed by atoms with Gasteiger partial charge >= 0.3 is 0 Å². The molecular weight excluding hydrogens is 254 g/mol. The molecule has 1 amide bonds. The smallest absolute Gasteiger partial charge is 0.258 e. The average molecular weight is 272 g/mol. The minimum Gasteiger partial charge on any atom is -0.484 e. The Balaban J connectivity index is 1.51. The fourth-order valence-electron chi connectivity index (χ4n) is 2.61. The fraction of sp³-hybridized carbons (Fsp3) is 0.467. The minimum absolute atomic E-state index is 0.0504. The van der Waals surface area contributed by atoms with Gasteiger partial charge in [-0.25, -0.2) is 4.98 Å². The Morgan fingerprint density at radius 3 is 3.10 bits per heavy atom. The molecule has 0 bridgehead atoms. The van der Waals surface area contributed by atoms with Gasteiger partial charge < -0.3 is 15.0 Å². The molecule has 1 aliphatic carbocycles. The summed E-state index contributed by atoms with van der Waals surface area (Å²) >= 11 is 0. The number of hydrogen-bond acceptors (Lipinski definition) is 3. The number of rotatable bonds is 4. The highest BCUT2D eigenvalue weighted by Gasteiger charge is 2.15. The van der Waals surface area contributed by atoms with Gasteiger partial charge in [0.2, 0.25) is 0 Å². The molecule has 20 heavy (non-hydrogen) atoms. The van der Waals surface area contributed by atoms with Crippen LogP contribution in [-0.2, 0) is 4.79 Å². The molecule has 0 spiro atoms. The van der Waals surface area contributed by atoms with Crippen LogP contribution in [0.15, 0.2) is 18.2 Å². The molecule has 0 unspecified atom stereocenters. The van der Waals surface area contributed by atoms with Gasteiger partial charge in [-0.1, -0.05) is 19.3 Å². The number of aromatic nitrogens is 2. The van der Waals surface area contributed by atoms with Crippen LogP contribution in [0.25, 0.3) is 11.0 Å². The Morgan fingerprint density at radius 1 is 1.40 bits per heavy atom. The van der Waals surface area contributed by atoms with E-state index in [0.717, 1.165) is 23.9 Å². The minimum atomic E-state index is -0.0504. The van der Waals surface area contributed by atoms with E-state index < -0.39 is 0 Å². The van der Waals surface area contributed by atoms with E-state index in [0.29, 0.717) is 11.8 Å². The largest absolute Gasteiger partial charge is 0.484 e. The number of imidazole rings is 1. The number of aromatic amines is 1. The number of fused-ring (bicyclic) bond motifs is 1. The molecule has 2 aromatic rings. The first-order valence-corrected chi connectivity index (χ1v) is 7.09. The Hall–Kier alpha value is -2.04. The molecule has 105 valence electrons. The molecule has 1 heterocycles. The third kappa shape index (κ3) is 3.10. The van der Waals surface area contributed by atoms with Crippen LogP contribution in [0, 0.1) is 6.33 Å². The Morgan fingerprint density at radius 2 is 2.25 bits per heavy atom. The lowest BCUT2D eigenvalue weighted by atomic mass is 9.95. The van der Waals surface area contributed by atoms with Crippen LogP contribution in [0.3, 0.4) is 0 Å². The van der Waals surface area contributed by atoms with Crippen molar-refractivity contribution in [1.82, 2.24) is 15.3 Å². The van der Waals surface area contributed by atoms with Crippen LogP contribution in [-0.4, -0.2) is 28.5 Å². The van der Waals surface area contributed by atoms with Crippen LogP contribution in [0.5, 0.6) is 5.75 Å². The number of nitrogens with zero attached hydrogens (tertiary/aromatic N) is 1. The zero-order chi connectivity index (χ0) is 13.8. The van der Waals surface area contributed by atoms with Crippen molar-refractivity contribution in [3.63, 3.8) is 0 Å². The van der Waals surface area contributed by atoms with Gasteiger partial charge in [0.25, 0.3) is 5.91 Å². The Bertz CT molecular complexity index is 588. The summed E-state index contributed by atoms with van der Waals surface area (Å²) < 4.78 is 5.51. The molecular formula is C15H18N3O2. The number of carbonyl (C=O) groups is 1. The number of ether oxygens (including phenoxy) is 1. The number of nitrogens with one attached hydrogen (secondary N) is 2. The summed E-state index contributed by atoms with van der Waals surface area (Å²) in [6, 6.07) is 5.81. The topological polar surface area (TPSA) is 67.0 Å². The van der Waals surface area contributed by atoms with E-state index in [1.807, 2.05) is 12.1 Å². The molecule has 0 aliphatic heterocycles. The highest BCUT2D eigenvalue weighted by atomic mass is 16.5. The quantitative estimate of drug-likeness (QED) is 0.896.